The lowest BCUT2D eigenvalue weighted by molar-refractivity contribution is 0.222. The Morgan fingerprint density at radius 1 is 1.11 bits per heavy atom. The van der Waals surface area contributed by atoms with Gasteiger partial charge in [-0.25, -0.2) is 4.79 Å². The molecule has 7 heteroatoms. The molecule has 0 radical (unpaired) electrons. The molecule has 2 amide bonds. The summed E-state index contributed by atoms with van der Waals surface area (Å²) < 4.78 is 0. The fourth-order valence-corrected chi connectivity index (χ4v) is 2.97. The zero-order valence-electron chi connectivity index (χ0n) is 15.6. The largest absolute Gasteiger partial charge is 0.352 e. The van der Waals surface area contributed by atoms with Crippen molar-refractivity contribution in [2.45, 2.75) is 25.9 Å². The third kappa shape index (κ3) is 5.70. The topological polar surface area (TPSA) is 81.7 Å². The third-order valence-corrected chi connectivity index (χ3v) is 4.42. The number of likely N-dealkylation sites (tertiary alicyclic amines) is 1. The van der Waals surface area contributed by atoms with Gasteiger partial charge in [0, 0.05) is 38.6 Å². The highest BCUT2D eigenvalue weighted by Gasteiger charge is 2.17. The predicted octanol–water partition coefficient (Wildman–Crippen LogP) is 2.57. The standard InChI is InChI=1S/C20H26N6O/c1-21-19(24-15-18-8-2-3-10-22-18)23-14-16-7-6-9-17(13-16)25-20(27)26-11-4-5-12-26/h2-3,6-10,13H,4-5,11-12,14-15H2,1H3,(H,25,27)(H2,21,23,24). The van der Waals surface area contributed by atoms with Crippen LogP contribution >= 0.6 is 0 Å². The van der Waals surface area contributed by atoms with Crippen molar-refractivity contribution in [1.82, 2.24) is 20.5 Å². The molecule has 0 saturated carbocycles. The summed E-state index contributed by atoms with van der Waals surface area (Å²) in [6, 6.07) is 13.6. The molecule has 3 N–H and O–H groups in total. The minimum atomic E-state index is -0.0227. The van der Waals surface area contributed by atoms with Crippen LogP contribution in [0.5, 0.6) is 0 Å². The maximum absolute atomic E-state index is 12.2. The van der Waals surface area contributed by atoms with E-state index in [1.807, 2.05) is 47.4 Å². The number of nitrogens with zero attached hydrogens (tertiary/aromatic N) is 3. The minimum absolute atomic E-state index is 0.0227. The fraction of sp³-hybridized carbons (Fsp3) is 0.350. The number of nitrogens with one attached hydrogen (secondary N) is 3. The molecule has 1 aliphatic rings. The summed E-state index contributed by atoms with van der Waals surface area (Å²) in [4.78, 5) is 22.6. The van der Waals surface area contributed by atoms with Crippen LogP contribution in [0.1, 0.15) is 24.1 Å². The fourth-order valence-electron chi connectivity index (χ4n) is 2.97. The van der Waals surface area contributed by atoms with Crippen molar-refractivity contribution in [3.8, 4) is 0 Å². The van der Waals surface area contributed by atoms with Crippen molar-refractivity contribution in [2.75, 3.05) is 25.5 Å². The van der Waals surface area contributed by atoms with Gasteiger partial charge >= 0.3 is 6.03 Å². The summed E-state index contributed by atoms with van der Waals surface area (Å²) in [5.74, 6) is 0.701. The maximum Gasteiger partial charge on any atom is 0.321 e. The summed E-state index contributed by atoms with van der Waals surface area (Å²) in [6.45, 7) is 2.89. The van der Waals surface area contributed by atoms with Crippen LogP contribution in [0, 0.1) is 0 Å². The number of pyridine rings is 1. The van der Waals surface area contributed by atoms with Gasteiger partial charge in [-0.3, -0.25) is 9.98 Å². The molecule has 0 bridgehead atoms. The van der Waals surface area contributed by atoms with Gasteiger partial charge in [0.05, 0.1) is 12.2 Å². The molecule has 7 nitrogen and oxygen atoms in total. The normalized spacial score (nSPS) is 14.1. The number of hydrogen-bond donors (Lipinski definition) is 3. The highest BCUT2D eigenvalue weighted by atomic mass is 16.2. The number of carbonyl (C=O) groups excluding carboxylic acids is 1. The molecule has 1 fully saturated rings. The van der Waals surface area contributed by atoms with Gasteiger partial charge in [0.15, 0.2) is 5.96 Å². The van der Waals surface area contributed by atoms with Crippen LogP contribution in [0.4, 0.5) is 10.5 Å². The first-order valence-corrected chi connectivity index (χ1v) is 9.24. The van der Waals surface area contributed by atoms with Crippen molar-refractivity contribution in [3.05, 3.63) is 59.9 Å². The van der Waals surface area contributed by atoms with E-state index in [-0.39, 0.29) is 6.03 Å². The van der Waals surface area contributed by atoms with Crippen molar-refractivity contribution < 1.29 is 4.79 Å². The zero-order valence-corrected chi connectivity index (χ0v) is 15.6. The number of benzene rings is 1. The molecule has 1 aromatic carbocycles. The SMILES string of the molecule is CN=C(NCc1cccc(NC(=O)N2CCCC2)c1)NCc1ccccn1. The van der Waals surface area contributed by atoms with Gasteiger partial charge in [0.1, 0.15) is 0 Å². The van der Waals surface area contributed by atoms with E-state index in [0.29, 0.717) is 19.0 Å². The molecule has 0 atom stereocenters. The second-order valence-electron chi connectivity index (χ2n) is 6.43. The number of amides is 2. The van der Waals surface area contributed by atoms with Gasteiger partial charge in [-0.15, -0.1) is 0 Å². The first-order valence-electron chi connectivity index (χ1n) is 9.24. The zero-order chi connectivity index (χ0) is 18.9. The molecule has 1 aliphatic heterocycles. The lowest BCUT2D eigenvalue weighted by Gasteiger charge is -2.17. The lowest BCUT2D eigenvalue weighted by Crippen LogP contribution is -2.36. The Bertz CT molecular complexity index is 771. The minimum Gasteiger partial charge on any atom is -0.352 e. The van der Waals surface area contributed by atoms with Gasteiger partial charge in [-0.2, -0.15) is 0 Å². The Balaban J connectivity index is 1.50. The third-order valence-electron chi connectivity index (χ3n) is 4.42. The van der Waals surface area contributed by atoms with Gasteiger partial charge < -0.3 is 20.9 Å². The molecule has 0 aliphatic carbocycles. The quantitative estimate of drug-likeness (QED) is 0.561. The number of rotatable bonds is 5. The van der Waals surface area contributed by atoms with Crippen LogP contribution in [0.15, 0.2) is 53.7 Å². The Morgan fingerprint density at radius 3 is 2.67 bits per heavy atom. The molecular weight excluding hydrogens is 340 g/mol. The molecular formula is C20H26N6O. The van der Waals surface area contributed by atoms with Gasteiger partial charge in [-0.1, -0.05) is 18.2 Å². The van der Waals surface area contributed by atoms with Gasteiger partial charge in [-0.05, 0) is 42.7 Å². The van der Waals surface area contributed by atoms with E-state index < -0.39 is 0 Å². The van der Waals surface area contributed by atoms with Crippen LogP contribution in [0.3, 0.4) is 0 Å². The first kappa shape index (κ1) is 18.7. The average Bonchev–Trinajstić information content (AvgIpc) is 3.24. The molecule has 2 heterocycles. The summed E-state index contributed by atoms with van der Waals surface area (Å²) in [5, 5.41) is 9.50. The number of aromatic nitrogens is 1. The van der Waals surface area contributed by atoms with E-state index in [4.69, 9.17) is 0 Å². The highest BCUT2D eigenvalue weighted by molar-refractivity contribution is 5.89. The number of hydrogen-bond acceptors (Lipinski definition) is 3. The van der Waals surface area contributed by atoms with E-state index >= 15 is 0 Å². The van der Waals surface area contributed by atoms with E-state index in [1.165, 1.54) is 0 Å². The van der Waals surface area contributed by atoms with E-state index in [0.717, 1.165) is 42.9 Å². The Morgan fingerprint density at radius 2 is 1.93 bits per heavy atom. The Labute approximate surface area is 159 Å². The highest BCUT2D eigenvalue weighted by Crippen LogP contribution is 2.14. The summed E-state index contributed by atoms with van der Waals surface area (Å²) >= 11 is 0. The van der Waals surface area contributed by atoms with E-state index in [1.54, 1.807) is 13.2 Å². The van der Waals surface area contributed by atoms with Crippen LogP contribution in [0.25, 0.3) is 0 Å². The van der Waals surface area contributed by atoms with Crippen LogP contribution in [-0.2, 0) is 13.1 Å². The predicted molar refractivity (Wildman–Crippen MR) is 108 cm³/mol. The number of carbonyl (C=O) groups is 1. The maximum atomic E-state index is 12.2. The van der Waals surface area contributed by atoms with E-state index in [9.17, 15) is 4.79 Å². The molecule has 1 aromatic heterocycles. The van der Waals surface area contributed by atoms with Crippen molar-refractivity contribution in [3.63, 3.8) is 0 Å². The second kappa shape index (κ2) is 9.56. The van der Waals surface area contributed by atoms with Gasteiger partial charge in [0.25, 0.3) is 0 Å². The van der Waals surface area contributed by atoms with Crippen LogP contribution < -0.4 is 16.0 Å². The monoisotopic (exact) mass is 366 g/mol. The lowest BCUT2D eigenvalue weighted by atomic mass is 10.2. The summed E-state index contributed by atoms with van der Waals surface area (Å²) in [5.41, 5.74) is 2.82. The van der Waals surface area contributed by atoms with Gasteiger partial charge in [0.2, 0.25) is 0 Å². The number of guanidine groups is 1. The molecule has 0 unspecified atom stereocenters. The number of anilines is 1. The summed E-state index contributed by atoms with van der Waals surface area (Å²) in [6.07, 6.45) is 3.94. The summed E-state index contributed by atoms with van der Waals surface area (Å²) in [7, 11) is 1.74. The van der Waals surface area contributed by atoms with Crippen molar-refractivity contribution in [2.24, 2.45) is 4.99 Å². The number of urea groups is 1. The first-order chi connectivity index (χ1) is 13.2. The van der Waals surface area contributed by atoms with Crippen molar-refractivity contribution >= 4 is 17.7 Å². The van der Waals surface area contributed by atoms with Crippen LogP contribution in [-0.4, -0.2) is 42.0 Å². The van der Waals surface area contributed by atoms with E-state index in [2.05, 4.69) is 25.9 Å². The second-order valence-corrected chi connectivity index (χ2v) is 6.43. The Hall–Kier alpha value is -3.09. The molecule has 27 heavy (non-hydrogen) atoms. The number of aliphatic imine (C=N–C) groups is 1. The Kier molecular flexibility index (Phi) is 6.62. The molecule has 1 saturated heterocycles. The molecule has 142 valence electrons. The molecule has 2 aromatic rings. The average molecular weight is 366 g/mol. The van der Waals surface area contributed by atoms with Crippen LogP contribution in [0.2, 0.25) is 0 Å². The molecule has 3 rings (SSSR count). The van der Waals surface area contributed by atoms with Crippen molar-refractivity contribution in [1.29, 1.82) is 0 Å². The molecule has 0 spiro atoms. The smallest absolute Gasteiger partial charge is 0.321 e.